The van der Waals surface area contributed by atoms with Crippen LogP contribution in [0.4, 0.5) is 5.82 Å². The predicted molar refractivity (Wildman–Crippen MR) is 92.5 cm³/mol. The molecule has 3 rings (SSSR count). The van der Waals surface area contributed by atoms with Gasteiger partial charge in [-0.1, -0.05) is 13.8 Å². The van der Waals surface area contributed by atoms with Crippen LogP contribution in [0, 0.1) is 11.8 Å². The Morgan fingerprint density at radius 2 is 2.17 bits per heavy atom. The highest BCUT2D eigenvalue weighted by Crippen LogP contribution is 2.32. The molecule has 1 amide bonds. The number of nitrogens with zero attached hydrogens (tertiary/aromatic N) is 3. The van der Waals surface area contributed by atoms with Crippen LogP contribution in [0.25, 0.3) is 0 Å². The van der Waals surface area contributed by atoms with Gasteiger partial charge in [0.15, 0.2) is 0 Å². The van der Waals surface area contributed by atoms with E-state index in [2.05, 4.69) is 28.6 Å². The summed E-state index contributed by atoms with van der Waals surface area (Å²) in [5, 5.41) is 0. The standard InChI is InChI=1S/C18H28N4O/c1-13(2)16-12-22(10-4-9-21(16)11-14-6-7-14)18-15(17(19)23)5-3-8-20-18/h3,5,8,13-14,16H,4,6-7,9-12H2,1-2H3,(H2,19,23)/t16-/m0/s1. The van der Waals surface area contributed by atoms with E-state index in [4.69, 9.17) is 5.73 Å². The molecular formula is C18H28N4O. The summed E-state index contributed by atoms with van der Waals surface area (Å²) in [7, 11) is 0. The third-order valence-electron chi connectivity index (χ3n) is 5.06. The van der Waals surface area contributed by atoms with E-state index in [0.717, 1.165) is 37.8 Å². The monoisotopic (exact) mass is 316 g/mol. The van der Waals surface area contributed by atoms with E-state index < -0.39 is 5.91 Å². The number of hydrogen-bond acceptors (Lipinski definition) is 4. The second-order valence-electron chi connectivity index (χ2n) is 7.29. The van der Waals surface area contributed by atoms with Crippen LogP contribution in [-0.4, -0.2) is 48.0 Å². The van der Waals surface area contributed by atoms with Gasteiger partial charge in [0.2, 0.25) is 0 Å². The molecule has 0 radical (unpaired) electrons. The molecule has 1 aromatic heterocycles. The summed E-state index contributed by atoms with van der Waals surface area (Å²) in [6.45, 7) is 8.79. The average Bonchev–Trinajstić information content (AvgIpc) is 3.34. The second-order valence-corrected chi connectivity index (χ2v) is 7.29. The van der Waals surface area contributed by atoms with Crippen LogP contribution in [0.5, 0.6) is 0 Å². The number of nitrogens with two attached hydrogens (primary N) is 1. The fourth-order valence-electron chi connectivity index (χ4n) is 3.59. The molecular weight excluding hydrogens is 288 g/mol. The number of pyridine rings is 1. The summed E-state index contributed by atoms with van der Waals surface area (Å²) >= 11 is 0. The lowest BCUT2D eigenvalue weighted by molar-refractivity contribution is 0.100. The van der Waals surface area contributed by atoms with E-state index >= 15 is 0 Å². The maximum absolute atomic E-state index is 11.7. The van der Waals surface area contributed by atoms with Crippen LogP contribution >= 0.6 is 0 Å². The van der Waals surface area contributed by atoms with Gasteiger partial charge in [-0.05, 0) is 43.2 Å². The van der Waals surface area contributed by atoms with E-state index in [1.165, 1.54) is 19.4 Å². The minimum atomic E-state index is -0.395. The van der Waals surface area contributed by atoms with Crippen molar-refractivity contribution in [2.24, 2.45) is 17.6 Å². The molecule has 126 valence electrons. The van der Waals surface area contributed by atoms with Gasteiger partial charge in [0, 0.05) is 38.4 Å². The van der Waals surface area contributed by atoms with Crippen molar-refractivity contribution in [2.45, 2.75) is 39.2 Å². The fourth-order valence-corrected chi connectivity index (χ4v) is 3.59. The highest BCUT2D eigenvalue weighted by atomic mass is 16.1. The smallest absolute Gasteiger partial charge is 0.252 e. The minimum Gasteiger partial charge on any atom is -0.365 e. The van der Waals surface area contributed by atoms with Gasteiger partial charge < -0.3 is 10.6 Å². The molecule has 1 aromatic rings. The normalized spacial score (nSPS) is 23.1. The molecule has 0 unspecified atom stereocenters. The number of carbonyl (C=O) groups is 1. The Morgan fingerprint density at radius 3 is 2.83 bits per heavy atom. The first-order chi connectivity index (χ1) is 11.1. The number of anilines is 1. The SMILES string of the molecule is CC(C)[C@@H]1CN(c2ncccc2C(N)=O)CCCN1CC1CC1. The molecule has 2 heterocycles. The Balaban J connectivity index is 1.82. The Hall–Kier alpha value is -1.62. The van der Waals surface area contributed by atoms with Gasteiger partial charge >= 0.3 is 0 Å². The quantitative estimate of drug-likeness (QED) is 0.904. The summed E-state index contributed by atoms with van der Waals surface area (Å²) < 4.78 is 0. The highest BCUT2D eigenvalue weighted by Gasteiger charge is 2.33. The Labute approximate surface area is 138 Å². The molecule has 0 bridgehead atoms. The highest BCUT2D eigenvalue weighted by molar-refractivity contribution is 5.97. The first-order valence-corrected chi connectivity index (χ1v) is 8.80. The zero-order valence-corrected chi connectivity index (χ0v) is 14.2. The molecule has 2 fully saturated rings. The zero-order chi connectivity index (χ0) is 16.4. The Kier molecular flexibility index (Phi) is 4.85. The van der Waals surface area contributed by atoms with Gasteiger partial charge in [-0.2, -0.15) is 0 Å². The van der Waals surface area contributed by atoms with Gasteiger partial charge in [0.05, 0.1) is 5.56 Å². The van der Waals surface area contributed by atoms with Gasteiger partial charge in [-0.15, -0.1) is 0 Å². The summed E-state index contributed by atoms with van der Waals surface area (Å²) in [5.74, 6) is 1.83. The Morgan fingerprint density at radius 1 is 1.39 bits per heavy atom. The molecule has 5 heteroatoms. The van der Waals surface area contributed by atoms with Crippen LogP contribution in [0.2, 0.25) is 0 Å². The maximum atomic E-state index is 11.7. The molecule has 2 N–H and O–H groups in total. The third kappa shape index (κ3) is 3.83. The van der Waals surface area contributed by atoms with E-state index in [1.54, 1.807) is 18.3 Å². The number of rotatable bonds is 5. The van der Waals surface area contributed by atoms with E-state index in [-0.39, 0.29) is 0 Å². The van der Waals surface area contributed by atoms with Gasteiger partial charge in [-0.25, -0.2) is 4.98 Å². The Bertz CT molecular complexity index is 556. The second kappa shape index (κ2) is 6.87. The number of primary amides is 1. The van der Waals surface area contributed by atoms with E-state index in [9.17, 15) is 4.79 Å². The van der Waals surface area contributed by atoms with Crippen molar-refractivity contribution in [1.29, 1.82) is 0 Å². The largest absolute Gasteiger partial charge is 0.365 e. The molecule has 0 spiro atoms. The molecule has 0 aromatic carbocycles. The lowest BCUT2D eigenvalue weighted by Gasteiger charge is -2.35. The third-order valence-corrected chi connectivity index (χ3v) is 5.06. The van der Waals surface area contributed by atoms with Crippen molar-refractivity contribution in [3.8, 4) is 0 Å². The number of hydrogen-bond donors (Lipinski definition) is 1. The number of amides is 1. The molecule has 5 nitrogen and oxygen atoms in total. The van der Waals surface area contributed by atoms with Crippen molar-refractivity contribution >= 4 is 11.7 Å². The van der Waals surface area contributed by atoms with Crippen LogP contribution < -0.4 is 10.6 Å². The first-order valence-electron chi connectivity index (χ1n) is 8.80. The summed E-state index contributed by atoms with van der Waals surface area (Å²) in [4.78, 5) is 21.1. The van der Waals surface area contributed by atoms with Crippen molar-refractivity contribution in [2.75, 3.05) is 31.1 Å². The molecule has 1 atom stereocenters. The predicted octanol–water partition coefficient (Wildman–Crippen LogP) is 2.13. The van der Waals surface area contributed by atoms with Crippen LogP contribution in [0.15, 0.2) is 18.3 Å². The average molecular weight is 316 g/mol. The minimum absolute atomic E-state index is 0.395. The lowest BCUT2D eigenvalue weighted by atomic mass is 10.0. The van der Waals surface area contributed by atoms with Crippen molar-refractivity contribution < 1.29 is 4.79 Å². The first kappa shape index (κ1) is 16.2. The molecule has 1 saturated heterocycles. The van der Waals surface area contributed by atoms with Crippen molar-refractivity contribution in [1.82, 2.24) is 9.88 Å². The van der Waals surface area contributed by atoms with E-state index in [1.807, 2.05) is 0 Å². The molecule has 1 aliphatic carbocycles. The summed E-state index contributed by atoms with van der Waals surface area (Å²) in [5.41, 5.74) is 6.07. The summed E-state index contributed by atoms with van der Waals surface area (Å²) in [6.07, 6.45) is 5.62. The fraction of sp³-hybridized carbons (Fsp3) is 0.667. The van der Waals surface area contributed by atoms with E-state index in [0.29, 0.717) is 17.5 Å². The zero-order valence-electron chi connectivity index (χ0n) is 14.2. The lowest BCUT2D eigenvalue weighted by Crippen LogP contribution is -2.45. The van der Waals surface area contributed by atoms with Crippen LogP contribution in [-0.2, 0) is 0 Å². The topological polar surface area (TPSA) is 62.5 Å². The van der Waals surface area contributed by atoms with Gasteiger partial charge in [0.25, 0.3) is 5.91 Å². The van der Waals surface area contributed by atoms with Crippen molar-refractivity contribution in [3.05, 3.63) is 23.9 Å². The molecule has 1 aliphatic heterocycles. The molecule has 1 saturated carbocycles. The van der Waals surface area contributed by atoms with Gasteiger partial charge in [0.1, 0.15) is 5.82 Å². The summed E-state index contributed by atoms with van der Waals surface area (Å²) in [6, 6.07) is 4.06. The van der Waals surface area contributed by atoms with Crippen molar-refractivity contribution in [3.63, 3.8) is 0 Å². The molecule has 23 heavy (non-hydrogen) atoms. The number of carbonyl (C=O) groups excluding carboxylic acids is 1. The number of aromatic nitrogens is 1. The van der Waals surface area contributed by atoms with Crippen LogP contribution in [0.1, 0.15) is 43.5 Å². The molecule has 2 aliphatic rings. The van der Waals surface area contributed by atoms with Crippen LogP contribution in [0.3, 0.4) is 0 Å². The van der Waals surface area contributed by atoms with Gasteiger partial charge in [-0.3, -0.25) is 9.69 Å². The maximum Gasteiger partial charge on any atom is 0.252 e.